The molecule has 2 amide bonds. The van der Waals surface area contributed by atoms with Crippen molar-refractivity contribution >= 4 is 12.0 Å². The number of amides is 2. The first-order chi connectivity index (χ1) is 9.79. The molecule has 1 saturated heterocycles. The number of hydrogen-bond donors (Lipinski definition) is 2. The van der Waals surface area contributed by atoms with Gasteiger partial charge in [-0.2, -0.15) is 0 Å². The van der Waals surface area contributed by atoms with Gasteiger partial charge < -0.3 is 20.2 Å². The average Bonchev–Trinajstić information content (AvgIpc) is 2.37. The zero-order valence-corrected chi connectivity index (χ0v) is 13.6. The van der Waals surface area contributed by atoms with Crippen LogP contribution in [0, 0.1) is 11.8 Å². The molecule has 0 radical (unpaired) electrons. The third-order valence-electron chi connectivity index (χ3n) is 3.83. The monoisotopic (exact) mass is 299 g/mol. The number of likely N-dealkylation sites (tertiary alicyclic amines) is 1. The maximum atomic E-state index is 12.2. The van der Waals surface area contributed by atoms with Gasteiger partial charge >= 0.3 is 12.0 Å². The van der Waals surface area contributed by atoms with Crippen LogP contribution >= 0.6 is 0 Å². The zero-order valence-electron chi connectivity index (χ0n) is 13.6. The van der Waals surface area contributed by atoms with Crippen LogP contribution in [0.15, 0.2) is 0 Å². The molecule has 0 unspecified atom stereocenters. The van der Waals surface area contributed by atoms with E-state index in [0.29, 0.717) is 25.4 Å². The molecule has 21 heavy (non-hydrogen) atoms. The highest BCUT2D eigenvalue weighted by atomic mass is 16.4. The van der Waals surface area contributed by atoms with Gasteiger partial charge in [-0.3, -0.25) is 0 Å². The van der Waals surface area contributed by atoms with Crippen LogP contribution in [0.3, 0.4) is 0 Å². The molecule has 1 rings (SSSR count). The number of carbonyl (C=O) groups excluding carboxylic acids is 1. The Hall–Kier alpha value is -1.30. The summed E-state index contributed by atoms with van der Waals surface area (Å²) in [6.45, 7) is 6.36. The van der Waals surface area contributed by atoms with Crippen molar-refractivity contribution < 1.29 is 14.7 Å². The Kier molecular flexibility index (Phi) is 6.95. The standard InChI is InChI=1S/C15H29N3O3/c1-11(2)9-13(14(19)20)16-15(21)18-7-5-12(6-8-18)10-17(3)4/h11-13H,5-10H2,1-4H3,(H,16,21)(H,19,20)/t13-/m1/s1. The Morgan fingerprint density at radius 2 is 1.86 bits per heavy atom. The smallest absolute Gasteiger partial charge is 0.326 e. The molecular formula is C15H29N3O3. The normalized spacial score (nSPS) is 18.1. The highest BCUT2D eigenvalue weighted by Crippen LogP contribution is 2.18. The summed E-state index contributed by atoms with van der Waals surface area (Å²) in [6.07, 6.45) is 2.42. The van der Waals surface area contributed by atoms with Crippen molar-refractivity contribution in [3.8, 4) is 0 Å². The summed E-state index contributed by atoms with van der Waals surface area (Å²) in [5, 5.41) is 11.8. The molecule has 1 heterocycles. The maximum absolute atomic E-state index is 12.2. The molecule has 0 spiro atoms. The summed E-state index contributed by atoms with van der Waals surface area (Å²) in [5.41, 5.74) is 0. The Morgan fingerprint density at radius 3 is 2.29 bits per heavy atom. The molecule has 6 heteroatoms. The summed E-state index contributed by atoms with van der Waals surface area (Å²) in [6, 6.07) is -1.04. The quantitative estimate of drug-likeness (QED) is 0.779. The van der Waals surface area contributed by atoms with E-state index >= 15 is 0 Å². The maximum Gasteiger partial charge on any atom is 0.326 e. The number of rotatable bonds is 6. The van der Waals surface area contributed by atoms with Gasteiger partial charge in [-0.1, -0.05) is 13.8 Å². The molecule has 0 saturated carbocycles. The number of nitrogens with one attached hydrogen (secondary N) is 1. The molecule has 6 nitrogen and oxygen atoms in total. The first kappa shape index (κ1) is 17.8. The Bertz CT molecular complexity index is 350. The number of carboxylic acids is 1. The largest absolute Gasteiger partial charge is 0.480 e. The van der Waals surface area contributed by atoms with Gasteiger partial charge in [-0.25, -0.2) is 9.59 Å². The van der Waals surface area contributed by atoms with Gasteiger partial charge in [-0.15, -0.1) is 0 Å². The summed E-state index contributed by atoms with van der Waals surface area (Å²) < 4.78 is 0. The number of carboxylic acid groups (broad SMARTS) is 1. The van der Waals surface area contributed by atoms with Crippen molar-refractivity contribution in [3.63, 3.8) is 0 Å². The molecule has 0 aliphatic carbocycles. The van der Waals surface area contributed by atoms with Crippen molar-refractivity contribution in [2.24, 2.45) is 11.8 Å². The Morgan fingerprint density at radius 1 is 1.29 bits per heavy atom. The number of aliphatic carboxylic acids is 1. The number of piperidine rings is 1. The molecular weight excluding hydrogens is 270 g/mol. The van der Waals surface area contributed by atoms with E-state index in [0.717, 1.165) is 19.4 Å². The topological polar surface area (TPSA) is 72.9 Å². The molecule has 0 aromatic carbocycles. The number of nitrogens with zero attached hydrogens (tertiary/aromatic N) is 2. The van der Waals surface area contributed by atoms with E-state index in [-0.39, 0.29) is 11.9 Å². The van der Waals surface area contributed by atoms with Gasteiger partial charge in [-0.05, 0) is 45.2 Å². The summed E-state index contributed by atoms with van der Waals surface area (Å²) >= 11 is 0. The lowest BCUT2D eigenvalue weighted by Gasteiger charge is -2.34. The molecule has 2 N–H and O–H groups in total. The van der Waals surface area contributed by atoms with Crippen molar-refractivity contribution in [2.45, 2.75) is 39.2 Å². The second kappa shape index (κ2) is 8.22. The molecule has 1 aliphatic rings. The SMILES string of the molecule is CC(C)C[C@@H](NC(=O)N1CCC(CN(C)C)CC1)C(=O)O. The first-order valence-electron chi connectivity index (χ1n) is 7.72. The molecule has 122 valence electrons. The predicted octanol–water partition coefficient (Wildman–Crippen LogP) is 1.47. The fraction of sp³-hybridized carbons (Fsp3) is 0.867. The minimum absolute atomic E-state index is 0.234. The van der Waals surface area contributed by atoms with Crippen LogP contribution in [0.25, 0.3) is 0 Å². The van der Waals surface area contributed by atoms with Crippen LogP contribution in [-0.2, 0) is 4.79 Å². The van der Waals surface area contributed by atoms with Crippen LogP contribution in [0.1, 0.15) is 33.1 Å². The highest BCUT2D eigenvalue weighted by Gasteiger charge is 2.27. The lowest BCUT2D eigenvalue weighted by molar-refractivity contribution is -0.139. The second-order valence-electron chi connectivity index (χ2n) is 6.66. The van der Waals surface area contributed by atoms with Gasteiger partial charge in [0.15, 0.2) is 0 Å². The molecule has 1 atom stereocenters. The van der Waals surface area contributed by atoms with Gasteiger partial charge in [0.2, 0.25) is 0 Å². The number of hydrogen-bond acceptors (Lipinski definition) is 3. The van der Waals surface area contributed by atoms with E-state index in [2.05, 4.69) is 24.3 Å². The van der Waals surface area contributed by atoms with Crippen LogP contribution in [-0.4, -0.2) is 66.7 Å². The zero-order chi connectivity index (χ0) is 16.0. The van der Waals surface area contributed by atoms with Crippen molar-refractivity contribution in [1.82, 2.24) is 15.1 Å². The van der Waals surface area contributed by atoms with Crippen LogP contribution < -0.4 is 5.32 Å². The van der Waals surface area contributed by atoms with Gasteiger partial charge in [0.25, 0.3) is 0 Å². The third kappa shape index (κ3) is 6.33. The first-order valence-corrected chi connectivity index (χ1v) is 7.72. The van der Waals surface area contributed by atoms with Gasteiger partial charge in [0.05, 0.1) is 0 Å². The average molecular weight is 299 g/mol. The van der Waals surface area contributed by atoms with Crippen molar-refractivity contribution in [2.75, 3.05) is 33.7 Å². The summed E-state index contributed by atoms with van der Waals surface area (Å²) in [4.78, 5) is 27.3. The van der Waals surface area contributed by atoms with Gasteiger partial charge in [0, 0.05) is 19.6 Å². The minimum Gasteiger partial charge on any atom is -0.480 e. The molecule has 0 bridgehead atoms. The van der Waals surface area contributed by atoms with Crippen LogP contribution in [0.5, 0.6) is 0 Å². The Balaban J connectivity index is 2.44. The fourth-order valence-corrected chi connectivity index (χ4v) is 2.77. The van der Waals surface area contributed by atoms with Crippen LogP contribution in [0.4, 0.5) is 4.79 Å². The van der Waals surface area contributed by atoms with E-state index in [4.69, 9.17) is 0 Å². The summed E-state index contributed by atoms with van der Waals surface area (Å²) in [7, 11) is 4.12. The highest BCUT2D eigenvalue weighted by molar-refractivity contribution is 5.82. The van der Waals surface area contributed by atoms with E-state index in [9.17, 15) is 14.7 Å². The molecule has 0 aromatic rings. The fourth-order valence-electron chi connectivity index (χ4n) is 2.77. The lowest BCUT2D eigenvalue weighted by Crippen LogP contribution is -2.51. The molecule has 1 fully saturated rings. The van der Waals surface area contributed by atoms with Gasteiger partial charge in [0.1, 0.15) is 6.04 Å². The van der Waals surface area contributed by atoms with E-state index < -0.39 is 12.0 Å². The third-order valence-corrected chi connectivity index (χ3v) is 3.83. The number of urea groups is 1. The van der Waals surface area contributed by atoms with Crippen molar-refractivity contribution in [1.29, 1.82) is 0 Å². The molecule has 1 aliphatic heterocycles. The summed E-state index contributed by atoms with van der Waals surface area (Å²) in [5.74, 6) is -0.105. The lowest BCUT2D eigenvalue weighted by atomic mass is 9.96. The molecule has 0 aromatic heterocycles. The minimum atomic E-state index is -0.959. The van der Waals surface area contributed by atoms with Crippen LogP contribution in [0.2, 0.25) is 0 Å². The van der Waals surface area contributed by atoms with E-state index in [1.807, 2.05) is 13.8 Å². The van der Waals surface area contributed by atoms with Crippen molar-refractivity contribution in [3.05, 3.63) is 0 Å². The second-order valence-corrected chi connectivity index (χ2v) is 6.66. The predicted molar refractivity (Wildman–Crippen MR) is 82.3 cm³/mol. The van der Waals surface area contributed by atoms with E-state index in [1.54, 1.807) is 4.90 Å². The number of carbonyl (C=O) groups is 2. The van der Waals surface area contributed by atoms with E-state index in [1.165, 1.54) is 0 Å². The Labute approximate surface area is 127 Å².